The summed E-state index contributed by atoms with van der Waals surface area (Å²) in [4.78, 5) is 4.61. The number of halogens is 1. The van der Waals surface area contributed by atoms with E-state index in [1.165, 1.54) is 17.7 Å². The van der Waals surface area contributed by atoms with E-state index in [2.05, 4.69) is 84.2 Å². The standard InChI is InChI=1S/C17H30BrN3/c1-6-10-19-14(2)16-13-15(18)8-9-17(16)21(5)12-7-11-20(3)4/h8-9,13-14,19H,6-7,10-12H2,1-5H3. The average molecular weight is 356 g/mol. The van der Waals surface area contributed by atoms with Crippen molar-refractivity contribution in [2.24, 2.45) is 0 Å². The molecule has 4 heteroatoms. The zero-order valence-electron chi connectivity index (χ0n) is 14.1. The van der Waals surface area contributed by atoms with Crippen molar-refractivity contribution in [3.63, 3.8) is 0 Å². The maximum atomic E-state index is 3.60. The molecule has 0 saturated carbocycles. The third kappa shape index (κ3) is 6.37. The molecule has 1 N–H and O–H groups in total. The van der Waals surface area contributed by atoms with Gasteiger partial charge in [-0.25, -0.2) is 0 Å². The zero-order chi connectivity index (χ0) is 15.8. The lowest BCUT2D eigenvalue weighted by molar-refractivity contribution is 0.401. The first-order valence-electron chi connectivity index (χ1n) is 7.84. The van der Waals surface area contributed by atoms with Gasteiger partial charge in [-0.2, -0.15) is 0 Å². The number of benzene rings is 1. The minimum atomic E-state index is 0.369. The fourth-order valence-electron chi connectivity index (χ4n) is 2.44. The highest BCUT2D eigenvalue weighted by atomic mass is 79.9. The topological polar surface area (TPSA) is 18.5 Å². The van der Waals surface area contributed by atoms with Crippen LogP contribution in [0, 0.1) is 0 Å². The summed E-state index contributed by atoms with van der Waals surface area (Å²) in [7, 11) is 6.44. The lowest BCUT2D eigenvalue weighted by atomic mass is 10.0. The Bertz CT molecular complexity index is 420. The molecule has 0 radical (unpaired) electrons. The summed E-state index contributed by atoms with van der Waals surface area (Å²) in [5.41, 5.74) is 2.69. The van der Waals surface area contributed by atoms with Crippen LogP contribution in [0.1, 0.15) is 38.3 Å². The number of hydrogen-bond donors (Lipinski definition) is 1. The van der Waals surface area contributed by atoms with Crippen molar-refractivity contribution in [1.82, 2.24) is 10.2 Å². The minimum absolute atomic E-state index is 0.369. The Morgan fingerprint density at radius 1 is 1.19 bits per heavy atom. The van der Waals surface area contributed by atoms with Gasteiger partial charge in [0.25, 0.3) is 0 Å². The molecule has 21 heavy (non-hydrogen) atoms. The summed E-state index contributed by atoms with van der Waals surface area (Å²) >= 11 is 3.60. The smallest absolute Gasteiger partial charge is 0.0412 e. The quantitative estimate of drug-likeness (QED) is 0.724. The van der Waals surface area contributed by atoms with Crippen molar-refractivity contribution in [3.8, 4) is 0 Å². The summed E-state index contributed by atoms with van der Waals surface area (Å²) in [6, 6.07) is 6.96. The third-order valence-corrected chi connectivity index (χ3v) is 4.16. The zero-order valence-corrected chi connectivity index (χ0v) is 15.7. The summed E-state index contributed by atoms with van der Waals surface area (Å²) in [6.45, 7) is 7.70. The Labute approximate surface area is 138 Å². The molecule has 3 nitrogen and oxygen atoms in total. The molecule has 0 bridgehead atoms. The van der Waals surface area contributed by atoms with Crippen LogP contribution in [0.15, 0.2) is 22.7 Å². The van der Waals surface area contributed by atoms with Gasteiger partial charge in [0.05, 0.1) is 0 Å². The largest absolute Gasteiger partial charge is 0.374 e. The van der Waals surface area contributed by atoms with Gasteiger partial charge < -0.3 is 15.1 Å². The number of nitrogens with zero attached hydrogens (tertiary/aromatic N) is 2. The van der Waals surface area contributed by atoms with Gasteiger partial charge >= 0.3 is 0 Å². The SMILES string of the molecule is CCCNC(C)c1cc(Br)ccc1N(C)CCCN(C)C. The van der Waals surface area contributed by atoms with E-state index < -0.39 is 0 Å². The van der Waals surface area contributed by atoms with Crippen LogP contribution < -0.4 is 10.2 Å². The van der Waals surface area contributed by atoms with E-state index in [1.54, 1.807) is 0 Å². The molecular formula is C17H30BrN3. The van der Waals surface area contributed by atoms with Crippen LogP contribution in [0.3, 0.4) is 0 Å². The van der Waals surface area contributed by atoms with Gasteiger partial charge in [-0.1, -0.05) is 22.9 Å². The predicted octanol–water partition coefficient (Wildman–Crippen LogP) is 3.90. The first-order chi connectivity index (χ1) is 9.95. The van der Waals surface area contributed by atoms with Gasteiger partial charge in [-0.3, -0.25) is 0 Å². The molecule has 0 aromatic heterocycles. The van der Waals surface area contributed by atoms with Gasteiger partial charge in [0, 0.05) is 29.8 Å². The molecule has 120 valence electrons. The number of nitrogens with one attached hydrogen (secondary N) is 1. The Hall–Kier alpha value is -0.580. The Balaban J connectivity index is 2.79. The molecule has 0 spiro atoms. The molecule has 1 aromatic rings. The average Bonchev–Trinajstić information content (AvgIpc) is 2.44. The van der Waals surface area contributed by atoms with Crippen molar-refractivity contribution < 1.29 is 0 Å². The molecule has 0 aliphatic carbocycles. The lowest BCUT2D eigenvalue weighted by Crippen LogP contribution is -2.26. The second kappa shape index (κ2) is 9.44. The molecule has 0 heterocycles. The summed E-state index contributed by atoms with van der Waals surface area (Å²) in [6.07, 6.45) is 2.34. The van der Waals surface area contributed by atoms with Crippen LogP contribution in [-0.4, -0.2) is 45.7 Å². The fraction of sp³-hybridized carbons (Fsp3) is 0.647. The van der Waals surface area contributed by atoms with Crippen LogP contribution in [-0.2, 0) is 0 Å². The molecule has 0 aliphatic heterocycles. The van der Waals surface area contributed by atoms with E-state index >= 15 is 0 Å². The number of hydrogen-bond acceptors (Lipinski definition) is 3. The number of anilines is 1. The van der Waals surface area contributed by atoms with Gasteiger partial charge in [0.1, 0.15) is 0 Å². The van der Waals surface area contributed by atoms with Crippen LogP contribution >= 0.6 is 15.9 Å². The normalized spacial score (nSPS) is 12.7. The van der Waals surface area contributed by atoms with E-state index in [0.29, 0.717) is 6.04 Å². The molecule has 1 rings (SSSR count). The first-order valence-corrected chi connectivity index (χ1v) is 8.63. The molecule has 0 fully saturated rings. The van der Waals surface area contributed by atoms with E-state index in [4.69, 9.17) is 0 Å². The van der Waals surface area contributed by atoms with Crippen molar-refractivity contribution in [2.45, 2.75) is 32.7 Å². The Morgan fingerprint density at radius 3 is 2.52 bits per heavy atom. The van der Waals surface area contributed by atoms with Gasteiger partial charge in [0.15, 0.2) is 0 Å². The van der Waals surface area contributed by atoms with Crippen LogP contribution in [0.25, 0.3) is 0 Å². The first kappa shape index (κ1) is 18.5. The molecular weight excluding hydrogens is 326 g/mol. The van der Waals surface area contributed by atoms with Crippen molar-refractivity contribution in [2.75, 3.05) is 45.7 Å². The summed E-state index contributed by atoms with van der Waals surface area (Å²) in [5, 5.41) is 3.59. The Morgan fingerprint density at radius 2 is 1.90 bits per heavy atom. The van der Waals surface area contributed by atoms with E-state index in [-0.39, 0.29) is 0 Å². The van der Waals surface area contributed by atoms with Crippen LogP contribution in [0.2, 0.25) is 0 Å². The predicted molar refractivity (Wildman–Crippen MR) is 97.3 cm³/mol. The second-order valence-electron chi connectivity index (χ2n) is 5.96. The van der Waals surface area contributed by atoms with Gasteiger partial charge in [-0.15, -0.1) is 0 Å². The molecule has 0 saturated heterocycles. The third-order valence-electron chi connectivity index (χ3n) is 3.67. The molecule has 0 aliphatic rings. The summed E-state index contributed by atoms with van der Waals surface area (Å²) < 4.78 is 1.15. The highest BCUT2D eigenvalue weighted by molar-refractivity contribution is 9.10. The van der Waals surface area contributed by atoms with Crippen molar-refractivity contribution in [1.29, 1.82) is 0 Å². The van der Waals surface area contributed by atoms with Gasteiger partial charge in [0.2, 0.25) is 0 Å². The highest BCUT2D eigenvalue weighted by Crippen LogP contribution is 2.29. The molecule has 0 amide bonds. The Kier molecular flexibility index (Phi) is 8.30. The van der Waals surface area contributed by atoms with Crippen LogP contribution in [0.4, 0.5) is 5.69 Å². The van der Waals surface area contributed by atoms with Crippen molar-refractivity contribution >= 4 is 21.6 Å². The monoisotopic (exact) mass is 355 g/mol. The minimum Gasteiger partial charge on any atom is -0.374 e. The van der Waals surface area contributed by atoms with E-state index in [9.17, 15) is 0 Å². The van der Waals surface area contributed by atoms with E-state index in [1.807, 2.05) is 0 Å². The maximum absolute atomic E-state index is 3.60. The van der Waals surface area contributed by atoms with E-state index in [0.717, 1.165) is 30.5 Å². The lowest BCUT2D eigenvalue weighted by Gasteiger charge is -2.26. The van der Waals surface area contributed by atoms with Crippen molar-refractivity contribution in [3.05, 3.63) is 28.2 Å². The van der Waals surface area contributed by atoms with Crippen LogP contribution in [0.5, 0.6) is 0 Å². The molecule has 1 aromatic carbocycles. The maximum Gasteiger partial charge on any atom is 0.0412 e. The summed E-state index contributed by atoms with van der Waals surface area (Å²) in [5.74, 6) is 0. The van der Waals surface area contributed by atoms with Gasteiger partial charge in [-0.05, 0) is 70.7 Å². The number of rotatable bonds is 9. The molecule has 1 unspecified atom stereocenters. The highest BCUT2D eigenvalue weighted by Gasteiger charge is 2.13. The molecule has 1 atom stereocenters. The second-order valence-corrected chi connectivity index (χ2v) is 6.87. The fourth-order valence-corrected chi connectivity index (χ4v) is 2.81.